The van der Waals surface area contributed by atoms with Crippen molar-refractivity contribution in [3.8, 4) is 56.6 Å². The second-order valence-corrected chi connectivity index (χ2v) is 49.7. The first-order chi connectivity index (χ1) is 64.9. The molecule has 0 saturated carbocycles. The number of rotatable bonds is 27. The van der Waals surface area contributed by atoms with Gasteiger partial charge in [-0.15, -0.1) is 47.2 Å². The van der Waals surface area contributed by atoms with Gasteiger partial charge >= 0.3 is 8.26 Å². The number of aliphatic hydroxyl groups excluding tert-OH is 1. The lowest BCUT2D eigenvalue weighted by molar-refractivity contribution is -0.122. The molecule has 0 spiro atoms. The molecule has 23 nitrogen and oxygen atoms in total. The second-order valence-electron chi connectivity index (χ2n) is 44.9. The van der Waals surface area contributed by atoms with Crippen molar-refractivity contribution in [3.05, 3.63) is 188 Å². The molecule has 10 rings (SSSR count). The number of phenols is 1. The van der Waals surface area contributed by atoms with Gasteiger partial charge in [0, 0.05) is 121 Å². The third-order valence-corrected chi connectivity index (χ3v) is 22.5. The average molecular weight is 2110 g/mol. The number of nitrogens with zero attached hydrogens (tertiary/aromatic N) is 7. The molecule has 30 heteroatoms. The van der Waals surface area contributed by atoms with Crippen LogP contribution in [0.25, 0.3) is 44.7 Å². The van der Waals surface area contributed by atoms with Crippen LogP contribution in [0.15, 0.2) is 126 Å². The minimum Gasteiger partial charge on any atom is -0.507 e. The van der Waals surface area contributed by atoms with Gasteiger partial charge in [-0.25, -0.2) is 4.98 Å². The molecule has 0 atom stereocenters. The standard InChI is InChI=1S/C53H73N5O2.C20H33NO2.C15H22O2.C12H14N4.C5H12ClN.C5H13NO.CH2Cl2.CH2O2.Cl2O2S.ClH/c1-50(2,3)39-27-37(28-40(51(4,5)6)47(39)59-25-17-23-57(13)14)45-33-36-20-19-34(31-44(36)54-45)35-21-22-43-46(32-35)56-49(55-43)38-29-41(52(7,8)9)48(42(30-38)53(10,11)12)60-26-18-24-58(15)16;1-19(2,3)16-12-15(14-22)13-17(20(4,5)6)18(16)23-11-9-10-21(7)8;1-14(2,3)11-7-10(9-16)8-12(13(11)17)15(4,5)6;13-9-3-1-7(5-11(9)15)8-2-4-10(14)12(16)6-8;1-7(2)5-3-4-6;1-6(2)4-3-5-7;2*2-1-3;1-5(2,3)4;/h19-22,27-32H,17-18,23-26,33H2,1-16H3,(H,55,56);12-14H,9-11H2,1-8H3;7-9,17H,1-6H3;1-6H,13-16H2;3-5H2,1-2H3;7H,3-5H2,1-2H3;1H2;1H,(H,2,3);;1H. The number of nitrogen functional groups attached to an aromatic ring is 4. The topological polar surface area (TPSA) is 335 Å². The molecule has 0 saturated heterocycles. The zero-order chi connectivity index (χ0) is 108. The smallest absolute Gasteiger partial charge is 0.317 e. The number of aromatic nitrogens is 2. The monoisotopic (exact) mass is 2100 g/mol. The third kappa shape index (κ3) is 46.1. The number of carbonyl (C=O) groups is 3. The number of nitrogens with one attached hydrogen (secondary N) is 1. The lowest BCUT2D eigenvalue weighted by atomic mass is 9.77. The van der Waals surface area contributed by atoms with Gasteiger partial charge < -0.3 is 81.9 Å². The van der Waals surface area contributed by atoms with E-state index in [2.05, 4.69) is 278 Å². The van der Waals surface area contributed by atoms with E-state index in [1.807, 2.05) is 106 Å². The fourth-order valence-corrected chi connectivity index (χ4v) is 14.9. The van der Waals surface area contributed by atoms with Crippen molar-refractivity contribution in [2.75, 3.05) is 164 Å². The van der Waals surface area contributed by atoms with Crippen LogP contribution < -0.4 is 37.1 Å². The lowest BCUT2D eigenvalue weighted by Crippen LogP contribution is -2.22. The van der Waals surface area contributed by atoms with E-state index in [1.165, 1.54) is 33.4 Å². The van der Waals surface area contributed by atoms with Gasteiger partial charge in [-0.1, -0.05) is 197 Å². The summed E-state index contributed by atoms with van der Waals surface area (Å²) in [5.74, 6) is 4.97. The van der Waals surface area contributed by atoms with Crippen molar-refractivity contribution in [3.63, 3.8) is 0 Å². The van der Waals surface area contributed by atoms with Gasteiger partial charge in [0.1, 0.15) is 41.4 Å². The number of halogens is 6. The van der Waals surface area contributed by atoms with Gasteiger partial charge in [0.05, 0.1) is 70.3 Å². The van der Waals surface area contributed by atoms with E-state index < -0.39 is 8.26 Å². The summed E-state index contributed by atoms with van der Waals surface area (Å²) in [6.45, 7) is 59.7. The van der Waals surface area contributed by atoms with Crippen LogP contribution in [0.1, 0.15) is 275 Å². The number of alkyl halides is 3. The van der Waals surface area contributed by atoms with Crippen LogP contribution in [0.5, 0.6) is 23.0 Å². The normalized spacial score (nSPS) is 12.1. The van der Waals surface area contributed by atoms with E-state index in [9.17, 15) is 14.7 Å². The van der Waals surface area contributed by atoms with Crippen molar-refractivity contribution in [2.45, 2.75) is 248 Å². The molecule has 0 amide bonds. The first-order valence-electron chi connectivity index (χ1n) is 47.9. The molecule has 9 aromatic rings. The summed E-state index contributed by atoms with van der Waals surface area (Å²) in [5, 5.41) is 25.7. The number of aliphatic hydroxyl groups is 1. The molecule has 1 aliphatic heterocycles. The number of ether oxygens (including phenoxy) is 3. The number of aliphatic imine (C=N–C) groups is 1. The van der Waals surface area contributed by atoms with Crippen molar-refractivity contribution >= 4 is 141 Å². The van der Waals surface area contributed by atoms with E-state index in [1.54, 1.807) is 24.3 Å². The number of fused-ring (bicyclic) bond motifs is 2. The number of carbonyl (C=O) groups excluding carboxylic acids is 2. The van der Waals surface area contributed by atoms with Crippen molar-refractivity contribution in [1.29, 1.82) is 0 Å². The number of aromatic amines is 1. The average Bonchev–Trinajstić information content (AvgIpc) is 1.52. The number of hydrogen-bond acceptors (Lipinski definition) is 21. The first-order valence-corrected chi connectivity index (χ1v) is 52.6. The zero-order valence-electron chi connectivity index (χ0n) is 91.6. The third-order valence-electron chi connectivity index (χ3n) is 22.3. The molecular weight excluding hydrogens is 1930 g/mol. The van der Waals surface area contributed by atoms with Gasteiger partial charge in [0.15, 0.2) is 0 Å². The van der Waals surface area contributed by atoms with Crippen LogP contribution in [0.2, 0.25) is 0 Å². The molecule has 1 aliphatic rings. The van der Waals surface area contributed by atoms with Crippen molar-refractivity contribution in [2.24, 2.45) is 4.99 Å². The number of hydrogen-bond donors (Lipinski definition) is 8. The highest BCUT2D eigenvalue weighted by molar-refractivity contribution is 8.31. The lowest BCUT2D eigenvalue weighted by Gasteiger charge is -2.31. The SMILES string of the molecule is CC(C)(C)c1cc(C=O)cc(C(C)(C)C)c1O.CN(C)CCCCl.CN(C)CCCO.CN(C)CCCOc1c(C(C)(C)C)cc(C2=Nc3cc(-c4ccc5nc(-c6cc(C(C)(C)C)c(OCCCN(C)C)c(C(C)(C)C)c6)[nH]c5c4)ccc3C2)cc1C(C)(C)C.CN(C)CCCOc1c(C(C)(C)C)cc(C=O)cc1C(C)(C)C.Cl.ClCCl.Nc1ccc(-c2ccc(N)c(N)c2)cc1N.O=CO.O=S(=O)(Cl)Cl. The Balaban J connectivity index is 0.000000997. The molecule has 0 unspecified atom stereocenters. The molecule has 0 bridgehead atoms. The van der Waals surface area contributed by atoms with Gasteiger partial charge in [0.2, 0.25) is 0 Å². The minimum atomic E-state index is -3.72. The van der Waals surface area contributed by atoms with Gasteiger partial charge in [0.25, 0.3) is 6.47 Å². The Morgan fingerprint density at radius 3 is 0.972 bits per heavy atom. The second kappa shape index (κ2) is 59.4. The molecule has 1 aromatic heterocycles. The molecule has 12 N–H and O–H groups in total. The Morgan fingerprint density at radius 2 is 0.683 bits per heavy atom. The van der Waals surface area contributed by atoms with Crippen molar-refractivity contribution < 1.29 is 52.3 Å². The highest BCUT2D eigenvalue weighted by Crippen LogP contribution is 2.48. The Labute approximate surface area is 883 Å². The summed E-state index contributed by atoms with van der Waals surface area (Å²) in [4.78, 5) is 55.6. The molecule has 8 aromatic carbocycles. The summed E-state index contributed by atoms with van der Waals surface area (Å²) in [6, 6.07) is 41.0. The van der Waals surface area contributed by atoms with Crippen LogP contribution in [0, 0.1) is 0 Å². The van der Waals surface area contributed by atoms with E-state index in [4.69, 9.17) is 105 Å². The highest BCUT2D eigenvalue weighted by Gasteiger charge is 2.34. The maximum atomic E-state index is 11.4. The Hall–Kier alpha value is -8.44. The number of H-pyrrole nitrogens is 1. The Morgan fingerprint density at radius 1 is 0.401 bits per heavy atom. The van der Waals surface area contributed by atoms with Crippen LogP contribution >= 0.6 is 68.6 Å². The van der Waals surface area contributed by atoms with Gasteiger partial charge in [-0.2, -0.15) is 8.42 Å². The number of nitrogens with two attached hydrogens (primary N) is 4. The molecule has 0 fully saturated rings. The molecular formula is C112H172Cl6N12O11S. The highest BCUT2D eigenvalue weighted by atomic mass is 36.0. The predicted molar refractivity (Wildman–Crippen MR) is 611 cm³/mol. The van der Waals surface area contributed by atoms with Gasteiger partial charge in [-0.3, -0.25) is 19.4 Å². The van der Waals surface area contributed by atoms with E-state index in [-0.39, 0.29) is 67.5 Å². The van der Waals surface area contributed by atoms with Crippen molar-refractivity contribution in [1.82, 2.24) is 34.5 Å². The fourth-order valence-electron chi connectivity index (χ4n) is 14.7. The van der Waals surface area contributed by atoms with E-state index in [0.29, 0.717) is 60.5 Å². The van der Waals surface area contributed by atoms with Crippen LogP contribution in [-0.4, -0.2) is 224 Å². The fraction of sp³-hybridized carbons (Fsp3) is 0.527. The molecule has 0 radical (unpaired) electrons. The van der Waals surface area contributed by atoms with Gasteiger partial charge in [-0.05, 0) is 283 Å². The number of aldehydes is 2. The molecule has 142 heavy (non-hydrogen) atoms. The number of anilines is 4. The Kier molecular flexibility index (Phi) is 55.0. The maximum Gasteiger partial charge on any atom is 0.317 e. The summed E-state index contributed by atoms with van der Waals surface area (Å²) < 4.78 is 37.9. The van der Waals surface area contributed by atoms with E-state index >= 15 is 0 Å². The van der Waals surface area contributed by atoms with Crippen LogP contribution in [-0.2, 0) is 62.8 Å². The number of benzene rings is 8. The summed E-state index contributed by atoms with van der Waals surface area (Å²) in [7, 11) is 25.5. The van der Waals surface area contributed by atoms with Crippen LogP contribution in [0.3, 0.4) is 0 Å². The molecule has 2 heterocycles. The molecule has 794 valence electrons. The van der Waals surface area contributed by atoms with E-state index in [0.717, 1.165) is 191 Å². The number of imidazole rings is 1. The minimum absolute atomic E-state index is 0. The summed E-state index contributed by atoms with van der Waals surface area (Å²) in [5.41, 5.74) is 46.1. The molecule has 0 aliphatic carbocycles. The first kappa shape index (κ1) is 132. The van der Waals surface area contributed by atoms with Crippen LogP contribution in [0.4, 0.5) is 28.4 Å². The Bertz CT molecular complexity index is 5360. The maximum absolute atomic E-state index is 11.4. The number of phenolic OH excluding ortho intramolecular Hbond substituents is 1. The number of carboxylic acid groups (broad SMARTS) is 1. The summed E-state index contributed by atoms with van der Waals surface area (Å²) in [6.07, 6.45) is 7.49. The zero-order valence-corrected chi connectivity index (χ0v) is 97.0. The predicted octanol–water partition coefficient (Wildman–Crippen LogP) is 25.7. The quantitative estimate of drug-likeness (QED) is 0.00779. The summed E-state index contributed by atoms with van der Waals surface area (Å²) >= 11 is 14.9. The number of aromatic hydroxyl groups is 1. The largest absolute Gasteiger partial charge is 0.507 e.